The first-order valence-corrected chi connectivity index (χ1v) is 5.78. The van der Waals surface area contributed by atoms with Crippen LogP contribution in [0.2, 0.25) is 0 Å². The molecule has 0 aliphatic rings. The number of rotatable bonds is 6. The molecule has 8 heteroatoms. The minimum absolute atomic E-state index is 0.179. The number of pyridine rings is 1. The Morgan fingerprint density at radius 2 is 2.20 bits per heavy atom. The van der Waals surface area contributed by atoms with Gasteiger partial charge in [0, 0.05) is 24.5 Å². The minimum atomic E-state index is -0.729. The summed E-state index contributed by atoms with van der Waals surface area (Å²) in [6.45, 7) is -0.585. The second kappa shape index (κ2) is 7.58. The molecule has 106 valence electrons. The molecule has 0 aliphatic carbocycles. The molecule has 1 amide bonds. The van der Waals surface area contributed by atoms with E-state index in [4.69, 9.17) is 15.7 Å². The number of amides is 1. The lowest BCUT2D eigenvalue weighted by Crippen LogP contribution is -2.31. The van der Waals surface area contributed by atoms with Gasteiger partial charge >= 0.3 is 5.97 Å². The van der Waals surface area contributed by atoms with Gasteiger partial charge in [-0.2, -0.15) is 5.26 Å². The number of nitrogens with one attached hydrogen (secondary N) is 1. The van der Waals surface area contributed by atoms with Crippen molar-refractivity contribution in [3.05, 3.63) is 28.7 Å². The van der Waals surface area contributed by atoms with E-state index < -0.39 is 24.0 Å². The van der Waals surface area contributed by atoms with Crippen LogP contribution in [0.25, 0.3) is 0 Å². The summed E-state index contributed by atoms with van der Waals surface area (Å²) in [5.41, 5.74) is 5.44. The lowest BCUT2D eigenvalue weighted by Gasteiger charge is -2.07. The predicted octanol–water partition coefficient (Wildman–Crippen LogP) is -0.996. The number of hydrogen-bond donors (Lipinski definition) is 2. The van der Waals surface area contributed by atoms with E-state index in [0.29, 0.717) is 5.69 Å². The van der Waals surface area contributed by atoms with Gasteiger partial charge in [-0.1, -0.05) is 0 Å². The molecule has 20 heavy (non-hydrogen) atoms. The Labute approximate surface area is 114 Å². The highest BCUT2D eigenvalue weighted by Gasteiger charge is 2.09. The van der Waals surface area contributed by atoms with Gasteiger partial charge in [0.1, 0.15) is 6.54 Å². The summed E-state index contributed by atoms with van der Waals surface area (Å²) in [6.07, 6.45) is 1.49. The zero-order valence-corrected chi connectivity index (χ0v) is 10.7. The Kier molecular flexibility index (Phi) is 5.77. The number of hydrogen-bond acceptors (Lipinski definition) is 6. The summed E-state index contributed by atoms with van der Waals surface area (Å²) >= 11 is 0. The highest BCUT2D eigenvalue weighted by atomic mass is 16.5. The Morgan fingerprint density at radius 1 is 1.45 bits per heavy atom. The summed E-state index contributed by atoms with van der Waals surface area (Å²) in [4.78, 5) is 34.1. The topological polar surface area (TPSA) is 127 Å². The zero-order chi connectivity index (χ0) is 15.0. The van der Waals surface area contributed by atoms with Gasteiger partial charge in [0.15, 0.2) is 6.61 Å². The van der Waals surface area contributed by atoms with E-state index in [1.54, 1.807) is 0 Å². The largest absolute Gasteiger partial charge is 0.454 e. The van der Waals surface area contributed by atoms with Crippen LogP contribution in [0, 0.1) is 11.3 Å². The second-order valence-electron chi connectivity index (χ2n) is 3.85. The molecule has 0 radical (unpaired) electrons. The quantitative estimate of drug-likeness (QED) is 0.507. The van der Waals surface area contributed by atoms with Gasteiger partial charge in [-0.3, -0.25) is 14.4 Å². The molecule has 0 atom stereocenters. The molecule has 0 aliphatic heterocycles. The van der Waals surface area contributed by atoms with E-state index >= 15 is 0 Å². The summed E-state index contributed by atoms with van der Waals surface area (Å²) in [5, 5.41) is 10.7. The standard InChI is InChI=1S/C12H14N4O4/c13-4-1-5-15-10(17)8-20-12(19)7-16-6-9(14)2-3-11(16)18/h2-3,6H,1,5,7-8,14H2,(H,15,17). The molecule has 3 N–H and O–H groups in total. The monoisotopic (exact) mass is 278 g/mol. The fourth-order valence-corrected chi connectivity index (χ4v) is 1.31. The molecule has 0 bridgehead atoms. The van der Waals surface area contributed by atoms with Crippen molar-refractivity contribution in [2.24, 2.45) is 0 Å². The van der Waals surface area contributed by atoms with Crippen LogP contribution in [-0.4, -0.2) is 29.6 Å². The van der Waals surface area contributed by atoms with Crippen molar-refractivity contribution < 1.29 is 14.3 Å². The van der Waals surface area contributed by atoms with Crippen LogP contribution < -0.4 is 16.6 Å². The molecule has 0 saturated heterocycles. The highest BCUT2D eigenvalue weighted by Crippen LogP contribution is 1.96. The third kappa shape index (κ3) is 5.22. The third-order valence-electron chi connectivity index (χ3n) is 2.23. The van der Waals surface area contributed by atoms with Crippen LogP contribution in [0.5, 0.6) is 0 Å². The average Bonchev–Trinajstić information content (AvgIpc) is 2.41. The first kappa shape index (κ1) is 15.2. The molecule has 0 saturated carbocycles. The third-order valence-corrected chi connectivity index (χ3v) is 2.23. The molecule has 1 rings (SSSR count). The van der Waals surface area contributed by atoms with Crippen LogP contribution >= 0.6 is 0 Å². The summed E-state index contributed by atoms with van der Waals surface area (Å²) in [6, 6.07) is 4.52. The molecule has 1 aromatic rings. The van der Waals surface area contributed by atoms with Gasteiger partial charge in [-0.15, -0.1) is 0 Å². The van der Waals surface area contributed by atoms with Crippen molar-refractivity contribution in [1.82, 2.24) is 9.88 Å². The molecule has 1 heterocycles. The van der Waals surface area contributed by atoms with Crippen LogP contribution in [0.4, 0.5) is 5.69 Å². The number of nitrogen functional groups attached to an aromatic ring is 1. The molecular formula is C12H14N4O4. The van der Waals surface area contributed by atoms with Gasteiger partial charge in [0.2, 0.25) is 0 Å². The van der Waals surface area contributed by atoms with E-state index in [1.165, 1.54) is 18.3 Å². The van der Waals surface area contributed by atoms with Crippen LogP contribution in [-0.2, 0) is 20.9 Å². The van der Waals surface area contributed by atoms with Gasteiger partial charge in [0.25, 0.3) is 11.5 Å². The second-order valence-corrected chi connectivity index (χ2v) is 3.85. The Hall–Kier alpha value is -2.82. The zero-order valence-electron chi connectivity index (χ0n) is 10.7. The number of carbonyl (C=O) groups excluding carboxylic acids is 2. The van der Waals surface area contributed by atoms with E-state index in [9.17, 15) is 14.4 Å². The van der Waals surface area contributed by atoms with Gasteiger partial charge < -0.3 is 20.4 Å². The molecule has 0 spiro atoms. The van der Waals surface area contributed by atoms with E-state index in [2.05, 4.69) is 5.32 Å². The fraction of sp³-hybridized carbons (Fsp3) is 0.333. The number of nitriles is 1. The smallest absolute Gasteiger partial charge is 0.326 e. The Morgan fingerprint density at radius 3 is 2.90 bits per heavy atom. The van der Waals surface area contributed by atoms with Gasteiger partial charge in [0.05, 0.1) is 12.5 Å². The number of carbonyl (C=O) groups is 2. The first-order valence-electron chi connectivity index (χ1n) is 5.78. The maximum Gasteiger partial charge on any atom is 0.326 e. The van der Waals surface area contributed by atoms with Crippen molar-refractivity contribution in [3.8, 4) is 6.07 Å². The first-order chi connectivity index (χ1) is 9.52. The maximum atomic E-state index is 11.5. The van der Waals surface area contributed by atoms with Crippen molar-refractivity contribution >= 4 is 17.6 Å². The van der Waals surface area contributed by atoms with E-state index in [1.807, 2.05) is 6.07 Å². The average molecular weight is 278 g/mol. The number of nitrogens with two attached hydrogens (primary N) is 1. The number of ether oxygens (including phenoxy) is 1. The normalized spacial score (nSPS) is 9.55. The molecule has 1 aromatic heterocycles. The molecular weight excluding hydrogens is 264 g/mol. The number of aromatic nitrogens is 1. The van der Waals surface area contributed by atoms with E-state index in [-0.39, 0.29) is 19.5 Å². The minimum Gasteiger partial charge on any atom is -0.454 e. The molecule has 8 nitrogen and oxygen atoms in total. The number of anilines is 1. The van der Waals surface area contributed by atoms with Crippen LogP contribution in [0.15, 0.2) is 23.1 Å². The predicted molar refractivity (Wildman–Crippen MR) is 69.3 cm³/mol. The molecule has 0 fully saturated rings. The lowest BCUT2D eigenvalue weighted by atomic mass is 10.4. The maximum absolute atomic E-state index is 11.5. The Bertz CT molecular complexity index is 588. The lowest BCUT2D eigenvalue weighted by molar-refractivity contribution is -0.149. The SMILES string of the molecule is N#CCCNC(=O)COC(=O)Cn1cc(N)ccc1=O. The fourth-order valence-electron chi connectivity index (χ4n) is 1.31. The summed E-state index contributed by atoms with van der Waals surface area (Å²) < 4.78 is 5.79. The molecule has 0 unspecified atom stereocenters. The highest BCUT2D eigenvalue weighted by molar-refractivity contribution is 5.80. The summed E-state index contributed by atoms with van der Waals surface area (Å²) in [7, 11) is 0. The summed E-state index contributed by atoms with van der Waals surface area (Å²) in [5.74, 6) is -1.23. The van der Waals surface area contributed by atoms with E-state index in [0.717, 1.165) is 4.57 Å². The van der Waals surface area contributed by atoms with Gasteiger partial charge in [-0.25, -0.2) is 0 Å². The molecule has 0 aromatic carbocycles. The number of esters is 1. The van der Waals surface area contributed by atoms with Crippen molar-refractivity contribution in [2.45, 2.75) is 13.0 Å². The van der Waals surface area contributed by atoms with Crippen LogP contribution in [0.1, 0.15) is 6.42 Å². The van der Waals surface area contributed by atoms with Crippen LogP contribution in [0.3, 0.4) is 0 Å². The van der Waals surface area contributed by atoms with Crippen molar-refractivity contribution in [1.29, 1.82) is 5.26 Å². The van der Waals surface area contributed by atoms with Crippen molar-refractivity contribution in [2.75, 3.05) is 18.9 Å². The van der Waals surface area contributed by atoms with Crippen molar-refractivity contribution in [3.63, 3.8) is 0 Å². The Balaban J connectivity index is 2.41. The number of nitrogens with zero attached hydrogens (tertiary/aromatic N) is 2. The van der Waals surface area contributed by atoms with Gasteiger partial charge in [-0.05, 0) is 6.07 Å².